The number of methoxy groups -OCH3 is 1. The second kappa shape index (κ2) is 8.18. The molecule has 0 saturated heterocycles. The monoisotopic (exact) mass is 292 g/mol. The van der Waals surface area contributed by atoms with E-state index in [1.807, 2.05) is 30.3 Å². The molecule has 0 aliphatic rings. The Morgan fingerprint density at radius 1 is 1.29 bits per heavy atom. The van der Waals surface area contributed by atoms with E-state index in [0.717, 1.165) is 18.4 Å². The molecule has 0 radical (unpaired) electrons. The van der Waals surface area contributed by atoms with E-state index in [-0.39, 0.29) is 11.9 Å². The lowest BCUT2D eigenvalue weighted by molar-refractivity contribution is -0.159. The van der Waals surface area contributed by atoms with Gasteiger partial charge in [0.15, 0.2) is 0 Å². The molecule has 0 aromatic heterocycles. The number of aliphatic hydroxyl groups is 1. The van der Waals surface area contributed by atoms with Gasteiger partial charge in [0.25, 0.3) is 0 Å². The number of hydrogen-bond acceptors (Lipinski definition) is 3. The molecule has 3 nitrogen and oxygen atoms in total. The summed E-state index contributed by atoms with van der Waals surface area (Å²) >= 11 is 0. The molecule has 1 aromatic carbocycles. The molecule has 2 atom stereocenters. The molecule has 118 valence electrons. The number of carbonyl (C=O) groups is 1. The van der Waals surface area contributed by atoms with Crippen molar-refractivity contribution in [3.63, 3.8) is 0 Å². The van der Waals surface area contributed by atoms with Gasteiger partial charge in [0, 0.05) is 0 Å². The molecular formula is C18H28O3. The third kappa shape index (κ3) is 4.57. The van der Waals surface area contributed by atoms with Gasteiger partial charge < -0.3 is 9.84 Å². The van der Waals surface area contributed by atoms with E-state index in [0.29, 0.717) is 12.8 Å². The molecule has 3 heteroatoms. The molecule has 0 fully saturated rings. The van der Waals surface area contributed by atoms with Gasteiger partial charge in [-0.2, -0.15) is 0 Å². The van der Waals surface area contributed by atoms with Gasteiger partial charge in [0.1, 0.15) is 5.60 Å². The predicted octanol–water partition coefficient (Wildman–Crippen LogP) is 3.90. The zero-order valence-electron chi connectivity index (χ0n) is 13.6. The fraction of sp³-hybridized carbons (Fsp3) is 0.611. The van der Waals surface area contributed by atoms with Crippen LogP contribution in [0.25, 0.3) is 0 Å². The summed E-state index contributed by atoms with van der Waals surface area (Å²) in [6.07, 6.45) is 3.06. The maximum Gasteiger partial charge on any atom is 0.311 e. The van der Waals surface area contributed by atoms with Gasteiger partial charge >= 0.3 is 5.97 Å². The summed E-state index contributed by atoms with van der Waals surface area (Å²) in [6, 6.07) is 9.50. The fourth-order valence-electron chi connectivity index (χ4n) is 2.91. The van der Waals surface area contributed by atoms with E-state index >= 15 is 0 Å². The summed E-state index contributed by atoms with van der Waals surface area (Å²) in [5.41, 5.74) is -0.372. The molecule has 0 heterocycles. The maximum atomic E-state index is 12.2. The SMILES string of the molecule is CCCCC(C(=O)OC)C(O)(CC(C)C)c1ccccc1. The Balaban J connectivity index is 3.21. The van der Waals surface area contributed by atoms with Crippen molar-refractivity contribution in [1.29, 1.82) is 0 Å². The van der Waals surface area contributed by atoms with Gasteiger partial charge in [-0.3, -0.25) is 4.79 Å². The molecule has 1 rings (SSSR count). The van der Waals surface area contributed by atoms with Gasteiger partial charge in [0.05, 0.1) is 13.0 Å². The number of benzene rings is 1. The van der Waals surface area contributed by atoms with Crippen LogP contribution >= 0.6 is 0 Å². The first-order chi connectivity index (χ1) is 9.95. The summed E-state index contributed by atoms with van der Waals surface area (Å²) in [7, 11) is 1.39. The lowest BCUT2D eigenvalue weighted by Crippen LogP contribution is -2.41. The largest absolute Gasteiger partial charge is 0.469 e. The molecule has 21 heavy (non-hydrogen) atoms. The van der Waals surface area contributed by atoms with Crippen LogP contribution < -0.4 is 0 Å². The van der Waals surface area contributed by atoms with Crippen molar-refractivity contribution in [1.82, 2.24) is 0 Å². The number of hydrogen-bond donors (Lipinski definition) is 1. The van der Waals surface area contributed by atoms with Crippen LogP contribution in [0.1, 0.15) is 52.0 Å². The van der Waals surface area contributed by atoms with Crippen molar-refractivity contribution in [3.05, 3.63) is 35.9 Å². The van der Waals surface area contributed by atoms with E-state index in [4.69, 9.17) is 4.74 Å². The second-order valence-corrected chi connectivity index (χ2v) is 6.11. The van der Waals surface area contributed by atoms with Crippen LogP contribution in [0, 0.1) is 11.8 Å². The molecule has 0 bridgehead atoms. The van der Waals surface area contributed by atoms with Crippen molar-refractivity contribution < 1.29 is 14.6 Å². The third-order valence-electron chi connectivity index (χ3n) is 3.90. The van der Waals surface area contributed by atoms with E-state index in [9.17, 15) is 9.90 Å². The molecule has 0 spiro atoms. The Labute approximate surface area is 128 Å². The molecule has 0 aliphatic carbocycles. The van der Waals surface area contributed by atoms with Crippen LogP contribution in [0.3, 0.4) is 0 Å². The molecular weight excluding hydrogens is 264 g/mol. The van der Waals surface area contributed by atoms with E-state index in [1.54, 1.807) is 0 Å². The highest BCUT2D eigenvalue weighted by molar-refractivity contribution is 5.74. The molecule has 1 N–H and O–H groups in total. The van der Waals surface area contributed by atoms with Crippen molar-refractivity contribution >= 4 is 5.97 Å². The Morgan fingerprint density at radius 3 is 2.38 bits per heavy atom. The highest BCUT2D eigenvalue weighted by Crippen LogP contribution is 2.39. The maximum absolute atomic E-state index is 12.2. The number of carbonyl (C=O) groups excluding carboxylic acids is 1. The summed E-state index contributed by atoms with van der Waals surface area (Å²) in [4.78, 5) is 12.2. The Bertz CT molecular complexity index is 427. The minimum Gasteiger partial charge on any atom is -0.469 e. The zero-order valence-corrected chi connectivity index (χ0v) is 13.6. The smallest absolute Gasteiger partial charge is 0.311 e. The molecule has 1 aromatic rings. The number of ether oxygens (including phenoxy) is 1. The van der Waals surface area contributed by atoms with Gasteiger partial charge in [-0.05, 0) is 24.3 Å². The molecule has 0 aliphatic heterocycles. The second-order valence-electron chi connectivity index (χ2n) is 6.11. The summed E-state index contributed by atoms with van der Waals surface area (Å²) in [5, 5.41) is 11.3. The summed E-state index contributed by atoms with van der Waals surface area (Å²) in [6.45, 7) is 6.20. The quantitative estimate of drug-likeness (QED) is 0.739. The number of rotatable bonds is 8. The molecule has 2 unspecified atom stereocenters. The molecule has 0 amide bonds. The first kappa shape index (κ1) is 17.7. The van der Waals surface area contributed by atoms with Crippen LogP contribution in [0.4, 0.5) is 0 Å². The normalized spacial score (nSPS) is 15.5. The first-order valence-corrected chi connectivity index (χ1v) is 7.81. The lowest BCUT2D eigenvalue weighted by atomic mass is 9.74. The number of esters is 1. The standard InChI is InChI=1S/C18H28O3/c1-5-6-12-16(17(19)21-4)18(20,13-14(2)3)15-10-8-7-9-11-15/h7-11,14,16,20H,5-6,12-13H2,1-4H3. The third-order valence-corrected chi connectivity index (χ3v) is 3.90. The van der Waals surface area contributed by atoms with Crippen LogP contribution in [-0.2, 0) is 15.1 Å². The van der Waals surface area contributed by atoms with Crippen LogP contribution in [0.15, 0.2) is 30.3 Å². The minimum absolute atomic E-state index is 0.281. The molecule has 0 saturated carbocycles. The summed E-state index contributed by atoms with van der Waals surface area (Å²) < 4.78 is 4.96. The van der Waals surface area contributed by atoms with Gasteiger partial charge in [-0.1, -0.05) is 63.9 Å². The average Bonchev–Trinajstić information content (AvgIpc) is 2.47. The highest BCUT2D eigenvalue weighted by Gasteiger charge is 2.43. The lowest BCUT2D eigenvalue weighted by Gasteiger charge is -2.36. The van der Waals surface area contributed by atoms with Crippen molar-refractivity contribution in [2.45, 2.75) is 52.1 Å². The first-order valence-electron chi connectivity index (χ1n) is 7.81. The van der Waals surface area contributed by atoms with Crippen LogP contribution in [0.5, 0.6) is 0 Å². The van der Waals surface area contributed by atoms with Crippen molar-refractivity contribution in [2.75, 3.05) is 7.11 Å². The van der Waals surface area contributed by atoms with Gasteiger partial charge in [-0.15, -0.1) is 0 Å². The topological polar surface area (TPSA) is 46.5 Å². The van der Waals surface area contributed by atoms with Gasteiger partial charge in [0.2, 0.25) is 0 Å². The van der Waals surface area contributed by atoms with E-state index in [1.165, 1.54) is 7.11 Å². The van der Waals surface area contributed by atoms with Crippen LogP contribution in [0.2, 0.25) is 0 Å². The van der Waals surface area contributed by atoms with E-state index < -0.39 is 11.5 Å². The number of unbranched alkanes of at least 4 members (excludes halogenated alkanes) is 1. The van der Waals surface area contributed by atoms with Crippen molar-refractivity contribution in [3.8, 4) is 0 Å². The average molecular weight is 292 g/mol. The van der Waals surface area contributed by atoms with E-state index in [2.05, 4.69) is 20.8 Å². The van der Waals surface area contributed by atoms with Crippen LogP contribution in [-0.4, -0.2) is 18.2 Å². The Hall–Kier alpha value is -1.35. The van der Waals surface area contributed by atoms with Crippen molar-refractivity contribution in [2.24, 2.45) is 11.8 Å². The summed E-state index contributed by atoms with van der Waals surface area (Å²) in [5.74, 6) is -0.563. The predicted molar refractivity (Wildman–Crippen MR) is 84.8 cm³/mol. The fourth-order valence-corrected chi connectivity index (χ4v) is 2.91. The minimum atomic E-state index is -1.17. The highest BCUT2D eigenvalue weighted by atomic mass is 16.5. The zero-order chi connectivity index (χ0) is 15.9. The Morgan fingerprint density at radius 2 is 1.90 bits per heavy atom. The Kier molecular flexibility index (Phi) is 6.90. The van der Waals surface area contributed by atoms with Gasteiger partial charge in [-0.25, -0.2) is 0 Å².